The van der Waals surface area contributed by atoms with Crippen LogP contribution < -0.4 is 16.2 Å². The molecule has 2 aromatic heterocycles. The minimum absolute atomic E-state index is 0.452. The first kappa shape index (κ1) is 15.0. The van der Waals surface area contributed by atoms with Crippen molar-refractivity contribution in [2.24, 2.45) is 5.84 Å². The van der Waals surface area contributed by atoms with E-state index in [0.717, 1.165) is 35.5 Å². The Balaban J connectivity index is 2.49. The molecular weight excluding hydrogens is 274 g/mol. The number of nitrogens with one attached hydrogen (secondary N) is 1. The Bertz CT molecular complexity index is 571. The number of nitrogens with two attached hydrogens (primary N) is 1. The van der Waals surface area contributed by atoms with Crippen molar-refractivity contribution in [3.63, 3.8) is 0 Å². The molecule has 0 aromatic carbocycles. The first-order valence-electron chi connectivity index (χ1n) is 6.74. The number of anilines is 2. The van der Waals surface area contributed by atoms with Gasteiger partial charge < -0.3 is 9.64 Å². The van der Waals surface area contributed by atoms with Crippen LogP contribution in [0.3, 0.4) is 0 Å². The van der Waals surface area contributed by atoms with Crippen LogP contribution in [0.1, 0.15) is 18.7 Å². The Labute approximate surface area is 122 Å². The number of nitrogen functional groups attached to an aromatic ring is 1. The molecule has 3 N–H and O–H groups in total. The lowest BCUT2D eigenvalue weighted by Gasteiger charge is -2.22. The Morgan fingerprint density at radius 3 is 2.80 bits per heavy atom. The highest BCUT2D eigenvalue weighted by Gasteiger charge is 2.15. The van der Waals surface area contributed by atoms with Gasteiger partial charge >= 0.3 is 0 Å². The summed E-state index contributed by atoms with van der Waals surface area (Å²) in [5.74, 6) is 6.84. The molecule has 0 aliphatic carbocycles. The highest BCUT2D eigenvalue weighted by atomic mass is 32.1. The van der Waals surface area contributed by atoms with Gasteiger partial charge in [-0.15, -0.1) is 11.3 Å². The van der Waals surface area contributed by atoms with Crippen molar-refractivity contribution in [3.05, 3.63) is 10.9 Å². The zero-order valence-corrected chi connectivity index (χ0v) is 13.0. The number of ether oxygens (including phenoxy) is 1. The molecule has 2 aromatic rings. The van der Waals surface area contributed by atoms with Crippen LogP contribution >= 0.6 is 11.3 Å². The number of rotatable bonds is 7. The van der Waals surface area contributed by atoms with Crippen molar-refractivity contribution in [2.75, 3.05) is 37.1 Å². The zero-order valence-electron chi connectivity index (χ0n) is 12.1. The minimum Gasteiger partial charge on any atom is -0.383 e. The Morgan fingerprint density at radius 2 is 2.20 bits per heavy atom. The molecule has 2 heterocycles. The van der Waals surface area contributed by atoms with Gasteiger partial charge in [0.15, 0.2) is 0 Å². The lowest BCUT2D eigenvalue weighted by atomic mass is 10.3. The summed E-state index contributed by atoms with van der Waals surface area (Å²) in [5.41, 5.74) is 2.55. The summed E-state index contributed by atoms with van der Waals surface area (Å²) in [6.07, 6.45) is 0.996. The topological polar surface area (TPSA) is 76.3 Å². The van der Waals surface area contributed by atoms with Gasteiger partial charge in [0.1, 0.15) is 10.6 Å². The average Bonchev–Trinajstić information content (AvgIpc) is 2.90. The van der Waals surface area contributed by atoms with Gasteiger partial charge in [-0.3, -0.25) is 5.43 Å². The molecule has 20 heavy (non-hydrogen) atoms. The van der Waals surface area contributed by atoms with E-state index in [2.05, 4.69) is 40.2 Å². The quantitative estimate of drug-likeness (QED) is 0.601. The fourth-order valence-corrected chi connectivity index (χ4v) is 3.01. The molecule has 0 amide bonds. The van der Waals surface area contributed by atoms with Crippen LogP contribution in [0.2, 0.25) is 0 Å². The Hall–Kier alpha value is -1.44. The molecule has 0 unspecified atom stereocenters. The van der Waals surface area contributed by atoms with Crippen LogP contribution in [0.5, 0.6) is 0 Å². The molecule has 6 nitrogen and oxygen atoms in total. The molecule has 110 valence electrons. The van der Waals surface area contributed by atoms with Crippen LogP contribution in [0.25, 0.3) is 10.2 Å². The normalized spacial score (nSPS) is 11.0. The number of aromatic nitrogens is 2. The molecule has 0 saturated heterocycles. The fourth-order valence-electron chi connectivity index (χ4n) is 2.05. The molecule has 0 radical (unpaired) electrons. The number of nitrogens with zero attached hydrogens (tertiary/aromatic N) is 3. The lowest BCUT2D eigenvalue weighted by Crippen LogP contribution is -2.28. The van der Waals surface area contributed by atoms with Crippen molar-refractivity contribution in [1.82, 2.24) is 9.97 Å². The maximum absolute atomic E-state index is 5.48. The maximum Gasteiger partial charge on any atom is 0.240 e. The third kappa shape index (κ3) is 3.00. The zero-order chi connectivity index (χ0) is 14.5. The summed E-state index contributed by atoms with van der Waals surface area (Å²) in [7, 11) is 1.70. The predicted octanol–water partition coefficient (Wildman–Crippen LogP) is 2.01. The van der Waals surface area contributed by atoms with E-state index in [1.54, 1.807) is 18.4 Å². The van der Waals surface area contributed by atoms with Crippen LogP contribution in [0.4, 0.5) is 11.8 Å². The summed E-state index contributed by atoms with van der Waals surface area (Å²) >= 11 is 1.69. The predicted molar refractivity (Wildman–Crippen MR) is 84.4 cm³/mol. The van der Waals surface area contributed by atoms with Crippen molar-refractivity contribution in [2.45, 2.75) is 20.3 Å². The second kappa shape index (κ2) is 6.83. The standard InChI is InChI=1S/C13H21N5OS/c1-4-9-8-10-11(18(5-2)6-7-19-3)15-13(17-14)16-12(10)20-9/h8H,4-7,14H2,1-3H3,(H,15,16,17). The molecule has 0 atom stereocenters. The monoisotopic (exact) mass is 295 g/mol. The van der Waals surface area contributed by atoms with E-state index < -0.39 is 0 Å². The SMILES string of the molecule is CCc1cc2c(N(CC)CCOC)nc(NN)nc2s1. The Morgan fingerprint density at radius 1 is 1.40 bits per heavy atom. The number of thiophene rings is 1. The lowest BCUT2D eigenvalue weighted by molar-refractivity contribution is 0.205. The second-order valence-corrected chi connectivity index (χ2v) is 5.49. The summed E-state index contributed by atoms with van der Waals surface area (Å²) in [6.45, 7) is 6.56. The van der Waals surface area contributed by atoms with Crippen LogP contribution in [0.15, 0.2) is 6.07 Å². The molecule has 2 rings (SSSR count). The van der Waals surface area contributed by atoms with Crippen LogP contribution in [0, 0.1) is 0 Å². The number of methoxy groups -OCH3 is 1. The molecule has 0 aliphatic heterocycles. The third-order valence-corrected chi connectivity index (χ3v) is 4.32. The maximum atomic E-state index is 5.48. The van der Waals surface area contributed by atoms with E-state index in [1.807, 2.05) is 0 Å². The van der Waals surface area contributed by atoms with E-state index >= 15 is 0 Å². The minimum atomic E-state index is 0.452. The Kier molecular flexibility index (Phi) is 5.11. The summed E-state index contributed by atoms with van der Waals surface area (Å²) in [5, 5.41) is 1.09. The van der Waals surface area contributed by atoms with Crippen LogP contribution in [-0.4, -0.2) is 36.8 Å². The second-order valence-electron chi connectivity index (χ2n) is 4.37. The van der Waals surface area contributed by atoms with Gasteiger partial charge in [0.25, 0.3) is 0 Å². The van der Waals surface area contributed by atoms with Gasteiger partial charge in [-0.25, -0.2) is 10.8 Å². The molecule has 0 saturated carbocycles. The summed E-state index contributed by atoms with van der Waals surface area (Å²) in [6, 6.07) is 2.17. The largest absolute Gasteiger partial charge is 0.383 e. The van der Waals surface area contributed by atoms with Gasteiger partial charge in [0.2, 0.25) is 5.95 Å². The molecule has 7 heteroatoms. The van der Waals surface area contributed by atoms with Gasteiger partial charge in [-0.2, -0.15) is 4.98 Å². The van der Waals surface area contributed by atoms with Crippen molar-refractivity contribution < 1.29 is 4.74 Å². The van der Waals surface area contributed by atoms with Gasteiger partial charge in [-0.05, 0) is 19.4 Å². The number of likely N-dealkylation sites (N-methyl/N-ethyl adjacent to an activating group) is 1. The van der Waals surface area contributed by atoms with Gasteiger partial charge in [-0.1, -0.05) is 6.92 Å². The van der Waals surface area contributed by atoms with Crippen molar-refractivity contribution >= 4 is 33.3 Å². The highest BCUT2D eigenvalue weighted by Crippen LogP contribution is 2.32. The van der Waals surface area contributed by atoms with E-state index in [0.29, 0.717) is 12.6 Å². The van der Waals surface area contributed by atoms with E-state index in [-0.39, 0.29) is 0 Å². The van der Waals surface area contributed by atoms with Gasteiger partial charge in [0.05, 0.1) is 12.0 Å². The first-order chi connectivity index (χ1) is 9.73. The molecular formula is C13H21N5OS. The molecule has 0 spiro atoms. The number of aryl methyl sites for hydroxylation is 1. The van der Waals surface area contributed by atoms with E-state index in [1.165, 1.54) is 4.88 Å². The van der Waals surface area contributed by atoms with E-state index in [4.69, 9.17) is 10.6 Å². The molecule has 0 aliphatic rings. The van der Waals surface area contributed by atoms with E-state index in [9.17, 15) is 0 Å². The highest BCUT2D eigenvalue weighted by molar-refractivity contribution is 7.18. The first-order valence-corrected chi connectivity index (χ1v) is 7.56. The van der Waals surface area contributed by atoms with Crippen LogP contribution in [-0.2, 0) is 11.2 Å². The number of fused-ring (bicyclic) bond motifs is 1. The molecule has 0 bridgehead atoms. The third-order valence-electron chi connectivity index (χ3n) is 3.15. The fraction of sp³-hybridized carbons (Fsp3) is 0.538. The van der Waals surface area contributed by atoms with Crippen molar-refractivity contribution in [3.8, 4) is 0 Å². The number of hydrogen-bond acceptors (Lipinski definition) is 7. The van der Waals surface area contributed by atoms with Gasteiger partial charge in [0, 0.05) is 25.1 Å². The number of hydrazine groups is 1. The van der Waals surface area contributed by atoms with Crippen molar-refractivity contribution in [1.29, 1.82) is 0 Å². The number of hydrogen-bond donors (Lipinski definition) is 2. The smallest absolute Gasteiger partial charge is 0.240 e. The average molecular weight is 295 g/mol. The molecule has 0 fully saturated rings. The summed E-state index contributed by atoms with van der Waals surface area (Å²) in [4.78, 5) is 13.4. The summed E-state index contributed by atoms with van der Waals surface area (Å²) < 4.78 is 5.17.